The van der Waals surface area contributed by atoms with Crippen molar-refractivity contribution in [3.8, 4) is 23.0 Å². The number of ether oxygens (including phenoxy) is 4. The predicted octanol–water partition coefficient (Wildman–Crippen LogP) is 4.66. The molecule has 0 saturated carbocycles. The number of aliphatic hydroxyl groups excluding tert-OH is 1. The molecule has 0 aromatic heterocycles. The first-order valence-corrected chi connectivity index (χ1v) is 11.5. The Hall–Kier alpha value is -2.41. The summed E-state index contributed by atoms with van der Waals surface area (Å²) in [5.74, 6) is 1.67. The van der Waals surface area contributed by atoms with Crippen LogP contribution >= 0.6 is 0 Å². The van der Waals surface area contributed by atoms with Crippen LogP contribution in [0, 0.1) is 6.92 Å². The molecular weight excluding hydrogens is 410 g/mol. The van der Waals surface area contributed by atoms with E-state index < -0.39 is 0 Å². The van der Waals surface area contributed by atoms with Crippen LogP contribution in [0.15, 0.2) is 5.57 Å². The van der Waals surface area contributed by atoms with Crippen LogP contribution in [-0.2, 0) is 4.79 Å². The lowest BCUT2D eigenvalue weighted by Gasteiger charge is -2.21. The quantitative estimate of drug-likeness (QED) is 0.281. The molecule has 0 saturated heterocycles. The fourth-order valence-electron chi connectivity index (χ4n) is 3.77. The van der Waals surface area contributed by atoms with Crippen molar-refractivity contribution in [1.29, 1.82) is 0 Å². The van der Waals surface area contributed by atoms with Crippen LogP contribution in [0.4, 0.5) is 0 Å². The Morgan fingerprint density at radius 1 is 0.844 bits per heavy atom. The molecule has 182 valence electrons. The smallest absolute Gasteiger partial charge is 0.247 e. The topological polar surface area (TPSA) is 86.2 Å². The second kappa shape index (κ2) is 15.4. The first-order chi connectivity index (χ1) is 15.5. The summed E-state index contributed by atoms with van der Waals surface area (Å²) in [6.07, 6.45) is 10.6. The average Bonchev–Trinajstić information content (AvgIpc) is 2.81. The highest BCUT2D eigenvalue weighted by atomic mass is 16.5. The highest BCUT2D eigenvalue weighted by molar-refractivity contribution is 5.98. The number of carbonyl (C=O) groups excluding carboxylic acids is 1. The number of hydrogen-bond acceptors (Lipinski definition) is 6. The van der Waals surface area contributed by atoms with Crippen LogP contribution in [0.1, 0.15) is 69.4 Å². The third-order valence-corrected chi connectivity index (χ3v) is 5.48. The molecule has 32 heavy (non-hydrogen) atoms. The number of carbonyl (C=O) groups is 1. The Labute approximate surface area is 193 Å². The van der Waals surface area contributed by atoms with Gasteiger partial charge in [-0.3, -0.25) is 4.79 Å². The molecule has 1 aromatic carbocycles. The van der Waals surface area contributed by atoms with Gasteiger partial charge in [0, 0.05) is 23.2 Å². The molecule has 2 N–H and O–H groups in total. The average molecular weight is 452 g/mol. The maximum Gasteiger partial charge on any atom is 0.247 e. The minimum Gasteiger partial charge on any atom is -0.492 e. The molecule has 7 heteroatoms. The lowest BCUT2D eigenvalue weighted by molar-refractivity contribution is -0.117. The lowest BCUT2D eigenvalue weighted by atomic mass is 9.98. The summed E-state index contributed by atoms with van der Waals surface area (Å²) in [5, 5.41) is 11.9. The molecule has 0 aliphatic rings. The summed E-state index contributed by atoms with van der Waals surface area (Å²) in [4.78, 5) is 12.8. The van der Waals surface area contributed by atoms with Gasteiger partial charge in [0.05, 0.1) is 35.0 Å². The van der Waals surface area contributed by atoms with Gasteiger partial charge in [-0.1, -0.05) is 45.4 Å². The molecule has 0 aliphatic heterocycles. The van der Waals surface area contributed by atoms with Crippen LogP contribution in [0.2, 0.25) is 0 Å². The van der Waals surface area contributed by atoms with Crippen molar-refractivity contribution < 1.29 is 28.8 Å². The molecule has 1 rings (SSSR count). The highest BCUT2D eigenvalue weighted by Gasteiger charge is 2.25. The molecule has 0 radical (unpaired) electrons. The van der Waals surface area contributed by atoms with E-state index in [2.05, 4.69) is 12.2 Å². The molecule has 0 spiro atoms. The van der Waals surface area contributed by atoms with E-state index in [-0.39, 0.29) is 19.1 Å². The Kier molecular flexibility index (Phi) is 13.3. The monoisotopic (exact) mass is 451 g/mol. The van der Waals surface area contributed by atoms with E-state index in [0.717, 1.165) is 24.8 Å². The lowest BCUT2D eigenvalue weighted by Crippen LogP contribution is -2.27. The summed E-state index contributed by atoms with van der Waals surface area (Å²) in [6, 6.07) is 0. The van der Waals surface area contributed by atoms with E-state index in [1.807, 2.05) is 13.0 Å². The van der Waals surface area contributed by atoms with Gasteiger partial charge in [-0.25, -0.2) is 0 Å². The molecule has 0 unspecified atom stereocenters. The van der Waals surface area contributed by atoms with Crippen molar-refractivity contribution in [3.05, 3.63) is 16.7 Å². The summed E-state index contributed by atoms with van der Waals surface area (Å²) >= 11 is 0. The van der Waals surface area contributed by atoms with Crippen molar-refractivity contribution in [3.63, 3.8) is 0 Å². The van der Waals surface area contributed by atoms with Crippen LogP contribution < -0.4 is 24.3 Å². The Balaban J connectivity index is 3.29. The number of amides is 1. The zero-order valence-electron chi connectivity index (χ0n) is 20.6. The Bertz CT molecular complexity index is 745. The molecule has 7 nitrogen and oxygen atoms in total. The molecule has 1 amide bonds. The molecule has 0 fully saturated rings. The Morgan fingerprint density at radius 2 is 1.38 bits per heavy atom. The minimum atomic E-state index is -0.194. The summed E-state index contributed by atoms with van der Waals surface area (Å²) in [6.45, 7) is 4.20. The molecule has 0 aliphatic carbocycles. The molecule has 0 atom stereocenters. The fraction of sp³-hybridized carbons (Fsp3) is 0.640. The number of benzene rings is 1. The van der Waals surface area contributed by atoms with Crippen molar-refractivity contribution in [2.45, 2.75) is 65.2 Å². The fourth-order valence-corrected chi connectivity index (χ4v) is 3.77. The largest absolute Gasteiger partial charge is 0.492 e. The van der Waals surface area contributed by atoms with Gasteiger partial charge in [0.25, 0.3) is 0 Å². The van der Waals surface area contributed by atoms with Crippen molar-refractivity contribution in [2.75, 3.05) is 41.6 Å². The van der Waals surface area contributed by atoms with E-state index in [1.54, 1.807) is 21.3 Å². The minimum absolute atomic E-state index is 0.108. The third kappa shape index (κ3) is 7.62. The van der Waals surface area contributed by atoms with Crippen molar-refractivity contribution in [1.82, 2.24) is 5.32 Å². The highest BCUT2D eigenvalue weighted by Crippen LogP contribution is 2.50. The van der Waals surface area contributed by atoms with E-state index in [0.29, 0.717) is 40.6 Å². The van der Waals surface area contributed by atoms with Crippen LogP contribution in [0.3, 0.4) is 0 Å². The zero-order chi connectivity index (χ0) is 23.9. The number of methoxy groups -OCH3 is 4. The normalized spacial score (nSPS) is 11.3. The number of aliphatic hydroxyl groups is 1. The van der Waals surface area contributed by atoms with Crippen LogP contribution in [0.5, 0.6) is 23.0 Å². The van der Waals surface area contributed by atoms with Gasteiger partial charge >= 0.3 is 0 Å². The number of nitrogens with one attached hydrogen (secondary N) is 1. The zero-order valence-corrected chi connectivity index (χ0v) is 20.6. The van der Waals surface area contributed by atoms with Crippen LogP contribution in [0.25, 0.3) is 6.08 Å². The molecule has 0 bridgehead atoms. The van der Waals surface area contributed by atoms with E-state index >= 15 is 0 Å². The van der Waals surface area contributed by atoms with Gasteiger partial charge in [-0.2, -0.15) is 0 Å². The van der Waals surface area contributed by atoms with E-state index in [1.165, 1.54) is 32.8 Å². The second-order valence-electron chi connectivity index (χ2n) is 7.69. The summed E-state index contributed by atoms with van der Waals surface area (Å²) in [7, 11) is 6.21. The van der Waals surface area contributed by atoms with E-state index in [9.17, 15) is 4.79 Å². The maximum absolute atomic E-state index is 12.8. The summed E-state index contributed by atoms with van der Waals surface area (Å²) < 4.78 is 22.3. The third-order valence-electron chi connectivity index (χ3n) is 5.48. The number of rotatable bonds is 16. The number of hydrogen-bond donors (Lipinski definition) is 2. The van der Waals surface area contributed by atoms with Crippen molar-refractivity contribution in [2.24, 2.45) is 0 Å². The predicted molar refractivity (Wildman–Crippen MR) is 128 cm³/mol. The summed E-state index contributed by atoms with van der Waals surface area (Å²) in [5.41, 5.74) is 2.12. The van der Waals surface area contributed by atoms with Gasteiger partial charge < -0.3 is 29.4 Å². The first kappa shape index (κ1) is 27.6. The van der Waals surface area contributed by atoms with Gasteiger partial charge in [-0.05, 0) is 25.8 Å². The van der Waals surface area contributed by atoms with Crippen molar-refractivity contribution >= 4 is 12.0 Å². The standard InChI is InChI=1S/C25H41NO6/c1-7-8-9-10-11-12-13-14-19(25(28)26-15-16-27)17-20-18(2)21(29-3)23(31-5)24(32-6)22(20)30-4/h17,27H,7-16H2,1-6H3,(H,26,28)/b19-17-. The SMILES string of the molecule is CCCCCCCCC/C(=C/c1c(C)c(OC)c(OC)c(OC)c1OC)C(=O)NCCO. The molecule has 0 heterocycles. The maximum atomic E-state index is 12.8. The van der Waals surface area contributed by atoms with E-state index in [4.69, 9.17) is 24.1 Å². The number of unbranched alkanes of at least 4 members (excludes halogenated alkanes) is 6. The second-order valence-corrected chi connectivity index (χ2v) is 7.69. The van der Waals surface area contributed by atoms with Crippen LogP contribution in [-0.4, -0.2) is 52.6 Å². The van der Waals surface area contributed by atoms with Gasteiger partial charge in [0.15, 0.2) is 11.5 Å². The van der Waals surface area contributed by atoms with Gasteiger partial charge in [0.2, 0.25) is 17.4 Å². The van der Waals surface area contributed by atoms with Gasteiger partial charge in [-0.15, -0.1) is 0 Å². The molecule has 1 aromatic rings. The van der Waals surface area contributed by atoms with Gasteiger partial charge in [0.1, 0.15) is 0 Å². The molecular formula is C25H41NO6. The Morgan fingerprint density at radius 3 is 1.91 bits per heavy atom. The first-order valence-electron chi connectivity index (χ1n) is 11.5.